The molecule has 11 nitrogen and oxygen atoms in total. The van der Waals surface area contributed by atoms with E-state index in [0.29, 0.717) is 27.9 Å². The number of hydrogen-bond acceptors (Lipinski definition) is 7. The Balaban J connectivity index is 1.59. The van der Waals surface area contributed by atoms with Gasteiger partial charge >= 0.3 is 17.9 Å². The van der Waals surface area contributed by atoms with E-state index in [1.165, 1.54) is 29.5 Å². The minimum absolute atomic E-state index is 0.0299. The molecule has 40 heavy (non-hydrogen) atoms. The Kier molecular flexibility index (Phi) is 8.40. The summed E-state index contributed by atoms with van der Waals surface area (Å²) in [5, 5.41) is 21.9. The minimum Gasteiger partial charge on any atom is -0.481 e. The number of fused-ring (bicyclic) bond motifs is 1. The first kappa shape index (κ1) is 27.8. The second kappa shape index (κ2) is 12.1. The molecule has 0 saturated carbocycles. The molecule has 1 heterocycles. The third-order valence-corrected chi connectivity index (χ3v) is 6.44. The molecule has 204 valence electrons. The van der Waals surface area contributed by atoms with Crippen LogP contribution in [0.15, 0.2) is 76.4 Å². The Bertz CT molecular complexity index is 1560. The highest BCUT2D eigenvalue weighted by atomic mass is 32.1. The second-order valence-corrected chi connectivity index (χ2v) is 9.50. The number of rotatable bonds is 10. The van der Waals surface area contributed by atoms with E-state index in [-0.39, 0.29) is 35.8 Å². The molecule has 4 rings (SSSR count). The van der Waals surface area contributed by atoms with Gasteiger partial charge in [-0.05, 0) is 58.5 Å². The van der Waals surface area contributed by atoms with Crippen LogP contribution in [-0.4, -0.2) is 51.4 Å². The highest BCUT2D eigenvalue weighted by Crippen LogP contribution is 2.40. The number of nitrogens with zero attached hydrogens (tertiary/aromatic N) is 2. The van der Waals surface area contributed by atoms with Crippen LogP contribution in [0, 0.1) is 0 Å². The van der Waals surface area contributed by atoms with Gasteiger partial charge in [-0.3, -0.25) is 14.4 Å². The van der Waals surface area contributed by atoms with Gasteiger partial charge in [0.2, 0.25) is 0 Å². The van der Waals surface area contributed by atoms with Gasteiger partial charge in [0.15, 0.2) is 5.96 Å². The summed E-state index contributed by atoms with van der Waals surface area (Å²) < 4.78 is 5.64. The lowest BCUT2D eigenvalue weighted by atomic mass is 10.1. The maximum absolute atomic E-state index is 13.6. The van der Waals surface area contributed by atoms with Crippen molar-refractivity contribution in [3.63, 3.8) is 0 Å². The largest absolute Gasteiger partial charge is 0.481 e. The van der Waals surface area contributed by atoms with E-state index in [1.54, 1.807) is 53.2 Å². The molecule has 0 aromatic heterocycles. The molecule has 0 fully saturated rings. The number of carbonyl (C=O) groups is 4. The highest BCUT2D eigenvalue weighted by molar-refractivity contribution is 7.08. The predicted molar refractivity (Wildman–Crippen MR) is 148 cm³/mol. The van der Waals surface area contributed by atoms with Gasteiger partial charge in [-0.2, -0.15) is 11.3 Å². The number of benzene rings is 2. The predicted octanol–water partition coefficient (Wildman–Crippen LogP) is 3.33. The number of carboxylic acids is 2. The molecule has 6 N–H and O–H groups in total. The quantitative estimate of drug-likeness (QED) is 0.128. The van der Waals surface area contributed by atoms with Crippen LogP contribution in [-0.2, 0) is 22.6 Å². The lowest BCUT2D eigenvalue weighted by Crippen LogP contribution is -2.35. The molecular weight excluding hydrogens is 536 g/mol. The van der Waals surface area contributed by atoms with Crippen molar-refractivity contribution in [1.82, 2.24) is 4.90 Å². The normalized spacial score (nSPS) is 10.6. The van der Waals surface area contributed by atoms with Crippen molar-refractivity contribution in [3.8, 4) is 16.9 Å². The van der Waals surface area contributed by atoms with Crippen molar-refractivity contribution < 1.29 is 34.1 Å². The van der Waals surface area contributed by atoms with Crippen LogP contribution in [0.2, 0.25) is 0 Å². The van der Waals surface area contributed by atoms with Crippen LogP contribution in [0.4, 0.5) is 5.69 Å². The zero-order valence-electron chi connectivity index (χ0n) is 20.9. The van der Waals surface area contributed by atoms with Crippen LogP contribution in [0.1, 0.15) is 31.8 Å². The topological polar surface area (TPSA) is 186 Å². The van der Waals surface area contributed by atoms with Crippen LogP contribution in [0.5, 0.6) is 5.75 Å². The van der Waals surface area contributed by atoms with E-state index in [9.17, 15) is 24.3 Å². The Morgan fingerprint density at radius 1 is 0.875 bits per heavy atom. The Hall–Kier alpha value is -5.23. The standard InChI is InChI=1S/C28H24N4O7S/c29-28(30)31-19-7-5-18(6-8-19)27(38)39-23-12-21(20-9-10-40-15-22(20)23)26(37)32(14-25(35)36)13-17-3-1-16(2-4-17)11-24(33)34/h1-10,12,15H,11,13-14H2,(H,33,34)(H,35,36)(H4,29,30,31). The van der Waals surface area contributed by atoms with Crippen molar-refractivity contribution in [3.05, 3.63) is 93.7 Å². The maximum atomic E-state index is 13.6. The zero-order chi connectivity index (χ0) is 28.8. The third-order valence-electron chi connectivity index (χ3n) is 5.78. The lowest BCUT2D eigenvalue weighted by molar-refractivity contribution is -0.138. The van der Waals surface area contributed by atoms with Crippen LogP contribution in [0.3, 0.4) is 0 Å². The molecule has 0 unspecified atom stereocenters. The average Bonchev–Trinajstić information content (AvgIpc) is 3.26. The average molecular weight is 561 g/mol. The van der Waals surface area contributed by atoms with Crippen LogP contribution < -0.4 is 16.2 Å². The van der Waals surface area contributed by atoms with Gasteiger partial charge in [-0.1, -0.05) is 24.3 Å². The number of aliphatic carboxylic acids is 2. The summed E-state index contributed by atoms with van der Waals surface area (Å²) in [6.45, 7) is -0.604. The fraction of sp³-hybridized carbons (Fsp3) is 0.107. The highest BCUT2D eigenvalue weighted by Gasteiger charge is 2.28. The summed E-state index contributed by atoms with van der Waals surface area (Å²) in [7, 11) is 0. The van der Waals surface area contributed by atoms with Gasteiger partial charge in [0, 0.05) is 17.5 Å². The number of ether oxygens (including phenoxy) is 1. The molecule has 12 heteroatoms. The van der Waals surface area contributed by atoms with Crippen LogP contribution >= 0.6 is 11.3 Å². The summed E-state index contributed by atoms with van der Waals surface area (Å²) in [5.41, 5.74) is 13.8. The summed E-state index contributed by atoms with van der Waals surface area (Å²) >= 11 is 1.34. The van der Waals surface area contributed by atoms with Gasteiger partial charge in [-0.25, -0.2) is 9.79 Å². The fourth-order valence-corrected chi connectivity index (χ4v) is 4.68. The van der Waals surface area contributed by atoms with Crippen molar-refractivity contribution in [2.45, 2.75) is 13.0 Å². The Morgan fingerprint density at radius 3 is 2.17 bits per heavy atom. The van der Waals surface area contributed by atoms with Gasteiger partial charge in [-0.15, -0.1) is 0 Å². The van der Waals surface area contributed by atoms with E-state index in [1.807, 2.05) is 0 Å². The van der Waals surface area contributed by atoms with E-state index in [4.69, 9.17) is 21.3 Å². The molecule has 0 radical (unpaired) electrons. The SMILES string of the molecule is NC(N)=Nc1ccc(C(=O)Oc2cc(C(=O)N(CC(=O)O)Cc3ccc(CC(=O)O)cc3)c3ccscc2-3)cc1. The zero-order valence-corrected chi connectivity index (χ0v) is 21.8. The smallest absolute Gasteiger partial charge is 0.343 e. The molecule has 2 aromatic carbocycles. The van der Waals surface area contributed by atoms with Crippen molar-refractivity contribution in [2.75, 3.05) is 6.54 Å². The van der Waals surface area contributed by atoms with Crippen molar-refractivity contribution in [2.24, 2.45) is 16.5 Å². The molecule has 1 aliphatic carbocycles. The second-order valence-electron chi connectivity index (χ2n) is 8.72. The molecule has 0 atom stereocenters. The Labute approximate surface area is 232 Å². The summed E-state index contributed by atoms with van der Waals surface area (Å²) in [6, 6.07) is 15.8. The molecule has 0 spiro atoms. The van der Waals surface area contributed by atoms with Crippen LogP contribution in [0.25, 0.3) is 11.1 Å². The number of nitrogens with two attached hydrogens (primary N) is 2. The van der Waals surface area contributed by atoms with Gasteiger partial charge in [0.25, 0.3) is 5.91 Å². The number of carboxylic acid groups (broad SMARTS) is 2. The first-order chi connectivity index (χ1) is 19.1. The molecule has 2 aliphatic rings. The fourth-order valence-electron chi connectivity index (χ4n) is 4.01. The third kappa shape index (κ3) is 6.79. The molecule has 0 bridgehead atoms. The van der Waals surface area contributed by atoms with E-state index in [0.717, 1.165) is 4.90 Å². The minimum atomic E-state index is -1.20. The summed E-state index contributed by atoms with van der Waals surface area (Å²) in [6.07, 6.45) is -0.152. The Morgan fingerprint density at radius 2 is 1.55 bits per heavy atom. The monoisotopic (exact) mass is 560 g/mol. The number of aliphatic imine (C=N–C) groups is 1. The number of hydrogen-bond donors (Lipinski definition) is 4. The lowest BCUT2D eigenvalue weighted by Gasteiger charge is -2.21. The molecular formula is C28H24N4O7S. The first-order valence-electron chi connectivity index (χ1n) is 11.8. The summed E-state index contributed by atoms with van der Waals surface area (Å²) in [4.78, 5) is 54.1. The number of amides is 1. The number of carbonyl (C=O) groups excluding carboxylic acids is 2. The number of esters is 1. The molecule has 0 saturated heterocycles. The first-order valence-corrected chi connectivity index (χ1v) is 12.8. The van der Waals surface area contributed by atoms with Crippen molar-refractivity contribution >= 4 is 46.8 Å². The van der Waals surface area contributed by atoms with Crippen molar-refractivity contribution in [1.29, 1.82) is 0 Å². The number of guanidine groups is 1. The van der Waals surface area contributed by atoms with Gasteiger partial charge in [0.1, 0.15) is 12.3 Å². The van der Waals surface area contributed by atoms with Gasteiger partial charge in [0.05, 0.1) is 23.2 Å². The molecule has 2 aromatic rings. The molecule has 1 aliphatic heterocycles. The van der Waals surface area contributed by atoms with E-state index >= 15 is 0 Å². The van der Waals surface area contributed by atoms with Gasteiger partial charge < -0.3 is 31.3 Å². The molecule has 1 amide bonds. The maximum Gasteiger partial charge on any atom is 0.343 e. The van der Waals surface area contributed by atoms with E-state index < -0.39 is 30.4 Å². The van der Waals surface area contributed by atoms with E-state index in [2.05, 4.69) is 4.99 Å². The summed E-state index contributed by atoms with van der Waals surface area (Å²) in [5.74, 6) is -3.38.